The van der Waals surface area contributed by atoms with Gasteiger partial charge in [-0.2, -0.15) is 0 Å². The maximum Gasteiger partial charge on any atom is 0.306 e. The second kappa shape index (κ2) is 4.86. The first-order chi connectivity index (χ1) is 8.08. The molecule has 0 saturated carbocycles. The highest BCUT2D eigenvalue weighted by molar-refractivity contribution is 5.69. The van der Waals surface area contributed by atoms with Crippen molar-refractivity contribution < 1.29 is 14.3 Å². The van der Waals surface area contributed by atoms with Crippen molar-refractivity contribution in [2.45, 2.75) is 39.0 Å². The van der Waals surface area contributed by atoms with Crippen LogP contribution < -0.4 is 0 Å². The van der Waals surface area contributed by atoms with Crippen molar-refractivity contribution >= 4 is 5.97 Å². The van der Waals surface area contributed by atoms with Crippen LogP contribution in [0.3, 0.4) is 0 Å². The third-order valence-corrected chi connectivity index (χ3v) is 3.46. The van der Waals surface area contributed by atoms with Crippen LogP contribution in [0, 0.1) is 11.7 Å². The van der Waals surface area contributed by atoms with Gasteiger partial charge in [-0.1, -0.05) is 13.0 Å². The molecular formula is C14H17FO2. The molecule has 1 aliphatic rings. The number of hydrogen-bond acceptors (Lipinski definition) is 1. The minimum absolute atomic E-state index is 0.251. The van der Waals surface area contributed by atoms with E-state index >= 15 is 0 Å². The molecule has 0 aromatic heterocycles. The molecule has 0 heterocycles. The Kier molecular flexibility index (Phi) is 3.46. The zero-order chi connectivity index (χ0) is 12.4. The minimum Gasteiger partial charge on any atom is -0.481 e. The van der Waals surface area contributed by atoms with Crippen LogP contribution in [0.25, 0.3) is 0 Å². The van der Waals surface area contributed by atoms with Gasteiger partial charge in [0.05, 0.1) is 5.92 Å². The molecular weight excluding hydrogens is 219 g/mol. The quantitative estimate of drug-likeness (QED) is 0.876. The SMILES string of the molecule is CC(Cc1cc2c(cc1F)CCCC2)C(=O)O. The number of aryl methyl sites for hydroxylation is 2. The van der Waals surface area contributed by atoms with E-state index in [4.69, 9.17) is 5.11 Å². The zero-order valence-corrected chi connectivity index (χ0v) is 10.0. The second-order valence-corrected chi connectivity index (χ2v) is 4.86. The van der Waals surface area contributed by atoms with Crippen LogP contribution in [0.15, 0.2) is 12.1 Å². The normalized spacial score (nSPS) is 16.4. The summed E-state index contributed by atoms with van der Waals surface area (Å²) >= 11 is 0. The van der Waals surface area contributed by atoms with Crippen LogP contribution in [0.4, 0.5) is 4.39 Å². The fourth-order valence-electron chi connectivity index (χ4n) is 2.38. The highest BCUT2D eigenvalue weighted by atomic mass is 19.1. The monoisotopic (exact) mass is 236 g/mol. The third kappa shape index (κ3) is 2.65. The molecule has 0 spiro atoms. The molecule has 1 unspecified atom stereocenters. The van der Waals surface area contributed by atoms with Gasteiger partial charge in [-0.25, -0.2) is 4.39 Å². The van der Waals surface area contributed by atoms with Crippen LogP contribution in [0.1, 0.15) is 36.5 Å². The lowest BCUT2D eigenvalue weighted by molar-refractivity contribution is -0.141. The second-order valence-electron chi connectivity index (χ2n) is 4.86. The van der Waals surface area contributed by atoms with Crippen molar-refractivity contribution in [1.29, 1.82) is 0 Å². The molecule has 1 atom stereocenters. The molecule has 0 radical (unpaired) electrons. The molecule has 1 aromatic carbocycles. The highest BCUT2D eigenvalue weighted by Crippen LogP contribution is 2.25. The molecule has 0 aliphatic heterocycles. The maximum absolute atomic E-state index is 13.8. The van der Waals surface area contributed by atoms with Crippen LogP contribution in [-0.4, -0.2) is 11.1 Å². The molecule has 1 aromatic rings. The Labute approximate surface area is 100 Å². The number of benzene rings is 1. The summed E-state index contributed by atoms with van der Waals surface area (Å²) in [5.41, 5.74) is 2.84. The molecule has 3 heteroatoms. The van der Waals surface area contributed by atoms with Gasteiger partial charge < -0.3 is 5.11 Å². The summed E-state index contributed by atoms with van der Waals surface area (Å²) in [4.78, 5) is 10.8. The van der Waals surface area contributed by atoms with Gasteiger partial charge >= 0.3 is 5.97 Å². The first-order valence-corrected chi connectivity index (χ1v) is 6.11. The van der Waals surface area contributed by atoms with Gasteiger partial charge in [0.1, 0.15) is 5.82 Å². The molecule has 92 valence electrons. The third-order valence-electron chi connectivity index (χ3n) is 3.46. The molecule has 1 aliphatic carbocycles. The van der Waals surface area contributed by atoms with Gasteiger partial charge in [0, 0.05) is 0 Å². The number of fused-ring (bicyclic) bond motifs is 1. The first kappa shape index (κ1) is 12.1. The lowest BCUT2D eigenvalue weighted by Crippen LogP contribution is -2.14. The Morgan fingerprint density at radius 1 is 1.35 bits per heavy atom. The molecule has 2 rings (SSSR count). The first-order valence-electron chi connectivity index (χ1n) is 6.11. The van der Waals surface area contributed by atoms with Crippen molar-refractivity contribution in [1.82, 2.24) is 0 Å². The van der Waals surface area contributed by atoms with Gasteiger partial charge in [0.15, 0.2) is 0 Å². The topological polar surface area (TPSA) is 37.3 Å². The van der Waals surface area contributed by atoms with Gasteiger partial charge in [-0.05, 0) is 54.9 Å². The van der Waals surface area contributed by atoms with E-state index < -0.39 is 11.9 Å². The summed E-state index contributed by atoms with van der Waals surface area (Å²) in [7, 11) is 0. The highest BCUT2D eigenvalue weighted by Gasteiger charge is 2.17. The Bertz CT molecular complexity index is 440. The Morgan fingerprint density at radius 2 is 1.94 bits per heavy atom. The van der Waals surface area contributed by atoms with Crippen LogP contribution in [0.5, 0.6) is 0 Å². The van der Waals surface area contributed by atoms with Crippen LogP contribution in [0.2, 0.25) is 0 Å². The van der Waals surface area contributed by atoms with E-state index in [0.29, 0.717) is 5.56 Å². The number of halogens is 1. The summed E-state index contributed by atoms with van der Waals surface area (Å²) in [5, 5.41) is 8.85. The summed E-state index contributed by atoms with van der Waals surface area (Å²) < 4.78 is 13.8. The Hall–Kier alpha value is -1.38. The fraction of sp³-hybridized carbons (Fsp3) is 0.500. The van der Waals surface area contributed by atoms with Gasteiger partial charge in [0.25, 0.3) is 0 Å². The summed E-state index contributed by atoms with van der Waals surface area (Å²) in [5.74, 6) is -1.66. The smallest absolute Gasteiger partial charge is 0.306 e. The predicted molar refractivity (Wildman–Crippen MR) is 63.5 cm³/mol. The molecule has 0 amide bonds. The lowest BCUT2D eigenvalue weighted by Gasteiger charge is -2.18. The van der Waals surface area contributed by atoms with Gasteiger partial charge in [0.2, 0.25) is 0 Å². The number of hydrogen-bond donors (Lipinski definition) is 1. The number of aliphatic carboxylic acids is 1. The average Bonchev–Trinajstić information content (AvgIpc) is 2.29. The predicted octanol–water partition coefficient (Wildman–Crippen LogP) is 2.97. The van der Waals surface area contributed by atoms with E-state index in [1.807, 2.05) is 6.07 Å². The Balaban J connectivity index is 2.25. The molecule has 1 N–H and O–H groups in total. The maximum atomic E-state index is 13.8. The number of rotatable bonds is 3. The van der Waals surface area contributed by atoms with Crippen molar-refractivity contribution in [2.75, 3.05) is 0 Å². The van der Waals surface area contributed by atoms with E-state index in [1.165, 1.54) is 5.56 Å². The van der Waals surface area contributed by atoms with E-state index in [-0.39, 0.29) is 12.2 Å². The summed E-state index contributed by atoms with van der Waals surface area (Å²) in [6, 6.07) is 3.46. The van der Waals surface area contributed by atoms with Crippen molar-refractivity contribution in [3.05, 3.63) is 34.6 Å². The molecule has 0 bridgehead atoms. The van der Waals surface area contributed by atoms with E-state index in [1.54, 1.807) is 13.0 Å². The molecule has 2 nitrogen and oxygen atoms in total. The molecule has 0 fully saturated rings. The lowest BCUT2D eigenvalue weighted by atomic mass is 9.88. The molecule has 17 heavy (non-hydrogen) atoms. The van der Waals surface area contributed by atoms with Crippen LogP contribution >= 0.6 is 0 Å². The molecule has 0 saturated heterocycles. The summed E-state index contributed by atoms with van der Waals surface area (Å²) in [6.07, 6.45) is 4.48. The van der Waals surface area contributed by atoms with Gasteiger partial charge in [-0.3, -0.25) is 4.79 Å². The van der Waals surface area contributed by atoms with E-state index in [0.717, 1.165) is 31.2 Å². The Morgan fingerprint density at radius 3 is 2.53 bits per heavy atom. The van der Waals surface area contributed by atoms with Crippen molar-refractivity contribution in [3.63, 3.8) is 0 Å². The number of carboxylic acids is 1. The van der Waals surface area contributed by atoms with Gasteiger partial charge in [-0.15, -0.1) is 0 Å². The number of carboxylic acid groups (broad SMARTS) is 1. The van der Waals surface area contributed by atoms with E-state index in [9.17, 15) is 9.18 Å². The largest absolute Gasteiger partial charge is 0.481 e. The van der Waals surface area contributed by atoms with Crippen molar-refractivity contribution in [3.8, 4) is 0 Å². The van der Waals surface area contributed by atoms with Crippen LogP contribution in [-0.2, 0) is 24.1 Å². The number of carbonyl (C=O) groups is 1. The fourth-order valence-corrected chi connectivity index (χ4v) is 2.38. The zero-order valence-electron chi connectivity index (χ0n) is 10.0. The minimum atomic E-state index is -0.873. The van der Waals surface area contributed by atoms with E-state index in [2.05, 4.69) is 0 Å². The summed E-state index contributed by atoms with van der Waals surface area (Å²) in [6.45, 7) is 1.61. The van der Waals surface area contributed by atoms with Crippen molar-refractivity contribution in [2.24, 2.45) is 5.92 Å². The average molecular weight is 236 g/mol. The standard InChI is InChI=1S/C14H17FO2/c1-9(14(16)17)6-12-7-10-4-2-3-5-11(10)8-13(12)15/h7-9H,2-6H2,1H3,(H,16,17).